The molecule has 0 radical (unpaired) electrons. The molecule has 0 spiro atoms. The minimum Gasteiger partial charge on any atom is -0.338 e. The Balaban J connectivity index is 2.02. The van der Waals surface area contributed by atoms with Crippen molar-refractivity contribution >= 4 is 0 Å². The van der Waals surface area contributed by atoms with Crippen molar-refractivity contribution in [2.45, 2.75) is 51.6 Å². The van der Waals surface area contributed by atoms with Crippen molar-refractivity contribution < 1.29 is 0 Å². The third-order valence-corrected chi connectivity index (χ3v) is 4.65. The molecule has 4 nitrogen and oxygen atoms in total. The average Bonchev–Trinajstić information content (AvgIpc) is 2.77. The normalized spacial score (nSPS) is 27.6. The van der Waals surface area contributed by atoms with Gasteiger partial charge in [-0.2, -0.15) is 0 Å². The van der Waals surface area contributed by atoms with Crippen molar-refractivity contribution in [3.63, 3.8) is 0 Å². The fourth-order valence-electron chi connectivity index (χ4n) is 2.72. The van der Waals surface area contributed by atoms with E-state index in [2.05, 4.69) is 54.5 Å². The van der Waals surface area contributed by atoms with Crippen LogP contribution in [0.25, 0.3) is 0 Å². The fourth-order valence-corrected chi connectivity index (χ4v) is 2.72. The van der Waals surface area contributed by atoms with Crippen molar-refractivity contribution in [2.24, 2.45) is 7.05 Å². The summed E-state index contributed by atoms with van der Waals surface area (Å²) >= 11 is 0. The highest BCUT2D eigenvalue weighted by Gasteiger charge is 2.38. The Morgan fingerprint density at radius 2 is 2.11 bits per heavy atom. The first-order valence-corrected chi connectivity index (χ1v) is 7.33. The highest BCUT2D eigenvalue weighted by Crippen LogP contribution is 2.25. The largest absolute Gasteiger partial charge is 0.338 e. The molecule has 108 valence electrons. The van der Waals surface area contributed by atoms with E-state index in [4.69, 9.17) is 0 Å². The third kappa shape index (κ3) is 3.18. The van der Waals surface area contributed by atoms with Gasteiger partial charge in [0.15, 0.2) is 0 Å². The second-order valence-electron chi connectivity index (χ2n) is 6.71. The minimum absolute atomic E-state index is 0.222. The van der Waals surface area contributed by atoms with Gasteiger partial charge in [-0.15, -0.1) is 0 Å². The van der Waals surface area contributed by atoms with Crippen molar-refractivity contribution in [2.75, 3.05) is 19.6 Å². The summed E-state index contributed by atoms with van der Waals surface area (Å²) in [5.41, 5.74) is 0.469. The van der Waals surface area contributed by atoms with Crippen molar-refractivity contribution in [1.82, 2.24) is 19.8 Å². The monoisotopic (exact) mass is 264 g/mol. The highest BCUT2D eigenvalue weighted by atomic mass is 15.3. The first-order chi connectivity index (χ1) is 8.86. The van der Waals surface area contributed by atoms with E-state index in [1.807, 2.05) is 12.4 Å². The van der Waals surface area contributed by atoms with Crippen molar-refractivity contribution in [1.29, 1.82) is 0 Å². The number of aryl methyl sites for hydroxylation is 1. The summed E-state index contributed by atoms with van der Waals surface area (Å²) in [5.74, 6) is 1.17. The van der Waals surface area contributed by atoms with Crippen LogP contribution >= 0.6 is 0 Å². The molecule has 1 aliphatic rings. The zero-order valence-electron chi connectivity index (χ0n) is 13.0. The molecule has 0 saturated carbocycles. The second kappa shape index (κ2) is 5.25. The minimum atomic E-state index is 0.222. The standard InChI is InChI=1S/C15H28N4/c1-6-15(4)12-19(14(2,3)11-17-15)9-7-13-16-8-10-18(13)5/h8,10,17H,6-7,9,11-12H2,1-5H3. The van der Waals surface area contributed by atoms with Crippen LogP contribution in [0.15, 0.2) is 12.4 Å². The summed E-state index contributed by atoms with van der Waals surface area (Å²) in [7, 11) is 2.07. The molecule has 1 aliphatic heterocycles. The van der Waals surface area contributed by atoms with Gasteiger partial charge in [-0.1, -0.05) is 6.92 Å². The van der Waals surface area contributed by atoms with E-state index >= 15 is 0 Å². The van der Waals surface area contributed by atoms with E-state index in [1.165, 1.54) is 12.2 Å². The summed E-state index contributed by atoms with van der Waals surface area (Å²) in [5, 5.41) is 3.71. The Kier molecular flexibility index (Phi) is 4.02. The number of aromatic nitrogens is 2. The molecule has 4 heteroatoms. The number of hydrogen-bond donors (Lipinski definition) is 1. The van der Waals surface area contributed by atoms with E-state index in [0.29, 0.717) is 0 Å². The molecule has 0 bridgehead atoms. The molecule has 0 aliphatic carbocycles. The Morgan fingerprint density at radius 3 is 2.68 bits per heavy atom. The molecule has 1 aromatic heterocycles. The molecule has 1 atom stereocenters. The molecule has 2 rings (SSSR count). The molecule has 1 aromatic rings. The molecular formula is C15H28N4. The predicted molar refractivity (Wildman–Crippen MR) is 79.3 cm³/mol. The molecule has 2 heterocycles. The van der Waals surface area contributed by atoms with Gasteiger partial charge in [0.1, 0.15) is 5.82 Å². The van der Waals surface area contributed by atoms with Gasteiger partial charge in [0.2, 0.25) is 0 Å². The zero-order valence-corrected chi connectivity index (χ0v) is 13.0. The molecule has 19 heavy (non-hydrogen) atoms. The summed E-state index contributed by atoms with van der Waals surface area (Å²) < 4.78 is 2.12. The first-order valence-electron chi connectivity index (χ1n) is 7.33. The SMILES string of the molecule is CCC1(C)CN(CCc2nccn2C)C(C)(C)CN1. The first kappa shape index (κ1) is 14.5. The van der Waals surface area contributed by atoms with E-state index < -0.39 is 0 Å². The van der Waals surface area contributed by atoms with E-state index in [0.717, 1.165) is 26.1 Å². The van der Waals surface area contributed by atoms with Gasteiger partial charge < -0.3 is 9.88 Å². The van der Waals surface area contributed by atoms with Crippen LogP contribution in [-0.2, 0) is 13.5 Å². The smallest absolute Gasteiger partial charge is 0.109 e. The fraction of sp³-hybridized carbons (Fsp3) is 0.800. The van der Waals surface area contributed by atoms with Gasteiger partial charge in [-0.25, -0.2) is 4.98 Å². The van der Waals surface area contributed by atoms with Gasteiger partial charge in [0, 0.05) is 56.6 Å². The van der Waals surface area contributed by atoms with Crippen LogP contribution < -0.4 is 5.32 Å². The van der Waals surface area contributed by atoms with E-state index in [9.17, 15) is 0 Å². The molecule has 1 N–H and O–H groups in total. The lowest BCUT2D eigenvalue weighted by molar-refractivity contribution is 0.0318. The van der Waals surface area contributed by atoms with Gasteiger partial charge in [0.05, 0.1) is 0 Å². The van der Waals surface area contributed by atoms with Crippen LogP contribution in [0.5, 0.6) is 0 Å². The van der Waals surface area contributed by atoms with Crippen molar-refractivity contribution in [3.8, 4) is 0 Å². The highest BCUT2D eigenvalue weighted by molar-refractivity contribution is 5.00. The quantitative estimate of drug-likeness (QED) is 0.900. The summed E-state index contributed by atoms with van der Waals surface area (Å²) in [6, 6.07) is 0. The number of rotatable bonds is 4. The number of nitrogens with one attached hydrogen (secondary N) is 1. The van der Waals surface area contributed by atoms with Gasteiger partial charge >= 0.3 is 0 Å². The topological polar surface area (TPSA) is 33.1 Å². The average molecular weight is 264 g/mol. The van der Waals surface area contributed by atoms with Crippen LogP contribution in [0, 0.1) is 0 Å². The Labute approximate surface area is 117 Å². The van der Waals surface area contributed by atoms with Crippen LogP contribution in [0.4, 0.5) is 0 Å². The Bertz CT molecular complexity index is 424. The lowest BCUT2D eigenvalue weighted by atomic mass is 9.88. The van der Waals surface area contributed by atoms with Crippen molar-refractivity contribution in [3.05, 3.63) is 18.2 Å². The number of nitrogens with zero attached hydrogens (tertiary/aromatic N) is 3. The molecular weight excluding hydrogens is 236 g/mol. The lowest BCUT2D eigenvalue weighted by Crippen LogP contribution is -2.67. The Hall–Kier alpha value is -0.870. The van der Waals surface area contributed by atoms with E-state index in [1.54, 1.807) is 0 Å². The summed E-state index contributed by atoms with van der Waals surface area (Å²) in [6.45, 7) is 12.5. The molecule has 1 unspecified atom stereocenters. The maximum atomic E-state index is 4.43. The summed E-state index contributed by atoms with van der Waals surface area (Å²) in [6.07, 6.45) is 6.09. The Morgan fingerprint density at radius 1 is 1.37 bits per heavy atom. The third-order valence-electron chi connectivity index (χ3n) is 4.65. The number of piperazine rings is 1. The molecule has 1 fully saturated rings. The van der Waals surface area contributed by atoms with Crippen LogP contribution in [-0.4, -0.2) is 45.2 Å². The number of hydrogen-bond acceptors (Lipinski definition) is 3. The number of imidazole rings is 1. The molecule has 1 saturated heterocycles. The second-order valence-corrected chi connectivity index (χ2v) is 6.71. The van der Waals surface area contributed by atoms with E-state index in [-0.39, 0.29) is 11.1 Å². The maximum Gasteiger partial charge on any atom is 0.109 e. The molecule has 0 amide bonds. The van der Waals surface area contributed by atoms with Crippen LogP contribution in [0.2, 0.25) is 0 Å². The zero-order chi connectivity index (χ0) is 14.1. The predicted octanol–water partition coefficient (Wildman–Crippen LogP) is 1.82. The van der Waals surface area contributed by atoms with Crippen LogP contribution in [0.1, 0.15) is 39.9 Å². The maximum absolute atomic E-state index is 4.43. The van der Waals surface area contributed by atoms with Gasteiger partial charge in [-0.05, 0) is 27.2 Å². The lowest BCUT2D eigenvalue weighted by Gasteiger charge is -2.50. The molecule has 0 aromatic carbocycles. The van der Waals surface area contributed by atoms with Crippen LogP contribution in [0.3, 0.4) is 0 Å². The van der Waals surface area contributed by atoms with Gasteiger partial charge in [-0.3, -0.25) is 4.90 Å². The van der Waals surface area contributed by atoms with Gasteiger partial charge in [0.25, 0.3) is 0 Å². The summed E-state index contributed by atoms with van der Waals surface area (Å²) in [4.78, 5) is 7.04.